The van der Waals surface area contributed by atoms with Gasteiger partial charge in [-0.2, -0.15) is 5.10 Å². The van der Waals surface area contributed by atoms with Gasteiger partial charge < -0.3 is 4.90 Å². The van der Waals surface area contributed by atoms with Crippen LogP contribution in [0.3, 0.4) is 0 Å². The molecule has 1 atom stereocenters. The fraction of sp³-hybridized carbons (Fsp3) is 0.565. The summed E-state index contributed by atoms with van der Waals surface area (Å²) in [4.78, 5) is 17.5. The lowest BCUT2D eigenvalue weighted by atomic mass is 10.1. The van der Waals surface area contributed by atoms with Gasteiger partial charge in [0.15, 0.2) is 5.69 Å². The van der Waals surface area contributed by atoms with E-state index in [-0.39, 0.29) is 23.3 Å². The lowest BCUT2D eigenvalue weighted by Crippen LogP contribution is -2.53. The molecule has 5 nitrogen and oxygen atoms in total. The minimum atomic E-state index is -0.210. The van der Waals surface area contributed by atoms with Gasteiger partial charge in [0.2, 0.25) is 0 Å². The number of hydrogen-bond donors (Lipinski definition) is 0. The van der Waals surface area contributed by atoms with Crippen molar-refractivity contribution in [2.24, 2.45) is 0 Å². The summed E-state index contributed by atoms with van der Waals surface area (Å²) in [6, 6.07) is 8.79. The normalized spacial score (nSPS) is 20.9. The van der Waals surface area contributed by atoms with Gasteiger partial charge in [-0.15, -0.1) is 0 Å². The molecule has 1 aromatic heterocycles. The molecular weight excluding hydrogens is 367 g/mol. The number of nitrogens with zero attached hydrogens (tertiary/aromatic N) is 4. The topological polar surface area (TPSA) is 41.4 Å². The maximum Gasteiger partial charge on any atom is 0.274 e. The van der Waals surface area contributed by atoms with Crippen molar-refractivity contribution in [3.05, 3.63) is 53.1 Å². The van der Waals surface area contributed by atoms with Crippen LogP contribution in [0.25, 0.3) is 0 Å². The monoisotopic (exact) mass is 398 g/mol. The number of amides is 1. The van der Waals surface area contributed by atoms with E-state index >= 15 is 0 Å². The number of halogens is 1. The smallest absolute Gasteiger partial charge is 0.274 e. The molecule has 0 bridgehead atoms. The van der Waals surface area contributed by atoms with Gasteiger partial charge in [0.05, 0.1) is 5.54 Å². The van der Waals surface area contributed by atoms with E-state index in [0.717, 1.165) is 25.2 Å². The van der Waals surface area contributed by atoms with Crippen molar-refractivity contribution in [1.82, 2.24) is 19.6 Å². The summed E-state index contributed by atoms with van der Waals surface area (Å²) in [5.41, 5.74) is 2.73. The predicted octanol–water partition coefficient (Wildman–Crippen LogP) is 4.00. The van der Waals surface area contributed by atoms with Crippen molar-refractivity contribution < 1.29 is 9.18 Å². The van der Waals surface area contributed by atoms with E-state index in [1.54, 1.807) is 0 Å². The molecular formula is C23H31FN4O. The lowest BCUT2D eigenvalue weighted by molar-refractivity contribution is 0.0468. The molecule has 1 saturated heterocycles. The molecule has 1 aromatic carbocycles. The van der Waals surface area contributed by atoms with Crippen LogP contribution >= 0.6 is 0 Å². The van der Waals surface area contributed by atoms with Crippen LogP contribution in [0.4, 0.5) is 4.39 Å². The first-order chi connectivity index (χ1) is 13.7. The van der Waals surface area contributed by atoms with Gasteiger partial charge in [0, 0.05) is 43.8 Å². The Morgan fingerprint density at radius 2 is 1.86 bits per heavy atom. The van der Waals surface area contributed by atoms with Gasteiger partial charge >= 0.3 is 0 Å². The molecule has 1 amide bonds. The zero-order chi connectivity index (χ0) is 20.8. The number of carbonyl (C=O) groups is 1. The Bertz CT molecular complexity index is 879. The molecule has 0 spiro atoms. The van der Waals surface area contributed by atoms with E-state index < -0.39 is 0 Å². The molecule has 4 rings (SSSR count). The van der Waals surface area contributed by atoms with Gasteiger partial charge in [0.1, 0.15) is 5.82 Å². The molecule has 0 unspecified atom stereocenters. The summed E-state index contributed by atoms with van der Waals surface area (Å²) in [7, 11) is 0. The number of hydrogen-bond acceptors (Lipinski definition) is 3. The Labute approximate surface area is 172 Å². The summed E-state index contributed by atoms with van der Waals surface area (Å²) < 4.78 is 15.2. The lowest BCUT2D eigenvalue weighted by Gasteiger charge is -2.39. The van der Waals surface area contributed by atoms with Crippen molar-refractivity contribution >= 4 is 5.91 Å². The van der Waals surface area contributed by atoms with E-state index in [0.29, 0.717) is 18.2 Å². The molecule has 0 radical (unpaired) electrons. The summed E-state index contributed by atoms with van der Waals surface area (Å²) in [5.74, 6) is 0.370. The standard InChI is InChI=1S/C23H31FN4O/c1-16-14-26(15-17-5-9-19(24)10-6-17)11-12-27(16)22(29)20-13-21(18-7-8-18)28(25-20)23(2,3)4/h5-6,9-10,13,16,18H,7-8,11-12,14-15H2,1-4H3/t16-/m1/s1. The van der Waals surface area contributed by atoms with Crippen LogP contribution in [0, 0.1) is 5.82 Å². The van der Waals surface area contributed by atoms with E-state index in [1.165, 1.54) is 30.7 Å². The van der Waals surface area contributed by atoms with E-state index in [4.69, 9.17) is 5.10 Å². The van der Waals surface area contributed by atoms with E-state index in [9.17, 15) is 9.18 Å². The predicted molar refractivity (Wildman–Crippen MR) is 111 cm³/mol. The molecule has 2 aliphatic rings. The fourth-order valence-corrected chi connectivity index (χ4v) is 4.18. The molecule has 2 heterocycles. The number of carbonyl (C=O) groups excluding carboxylic acids is 1. The maximum absolute atomic E-state index is 13.2. The largest absolute Gasteiger partial charge is 0.332 e. The van der Waals surface area contributed by atoms with Crippen molar-refractivity contribution in [2.45, 2.75) is 64.6 Å². The molecule has 156 valence electrons. The van der Waals surface area contributed by atoms with Crippen LogP contribution < -0.4 is 0 Å². The Morgan fingerprint density at radius 1 is 1.17 bits per heavy atom. The maximum atomic E-state index is 13.2. The minimum absolute atomic E-state index is 0.0313. The Kier molecular flexibility index (Phi) is 5.23. The van der Waals surface area contributed by atoms with E-state index in [1.807, 2.05) is 27.8 Å². The van der Waals surface area contributed by atoms with Crippen LogP contribution in [0.2, 0.25) is 0 Å². The van der Waals surface area contributed by atoms with Crippen molar-refractivity contribution in [1.29, 1.82) is 0 Å². The third-order valence-corrected chi connectivity index (χ3v) is 5.88. The second-order valence-electron chi connectivity index (χ2n) is 9.52. The number of piperazine rings is 1. The minimum Gasteiger partial charge on any atom is -0.332 e. The van der Waals surface area contributed by atoms with Gasteiger partial charge in [-0.1, -0.05) is 12.1 Å². The van der Waals surface area contributed by atoms with Gasteiger partial charge in [-0.25, -0.2) is 4.39 Å². The van der Waals surface area contributed by atoms with Crippen molar-refractivity contribution in [2.75, 3.05) is 19.6 Å². The van der Waals surface area contributed by atoms with Crippen LogP contribution in [-0.4, -0.2) is 51.2 Å². The Morgan fingerprint density at radius 3 is 2.45 bits per heavy atom. The summed E-state index contributed by atoms with van der Waals surface area (Å²) in [6.07, 6.45) is 2.38. The van der Waals surface area contributed by atoms with Crippen molar-refractivity contribution in [3.63, 3.8) is 0 Å². The highest BCUT2D eigenvalue weighted by molar-refractivity contribution is 5.92. The molecule has 1 aliphatic carbocycles. The molecule has 1 saturated carbocycles. The molecule has 2 aromatic rings. The second-order valence-corrected chi connectivity index (χ2v) is 9.52. The van der Waals surface area contributed by atoms with Crippen LogP contribution in [-0.2, 0) is 12.1 Å². The SMILES string of the molecule is C[C@@H]1CN(Cc2ccc(F)cc2)CCN1C(=O)c1cc(C2CC2)n(C(C)(C)C)n1. The molecule has 1 aliphatic heterocycles. The highest BCUT2D eigenvalue weighted by atomic mass is 19.1. The second kappa shape index (κ2) is 7.56. The Hall–Kier alpha value is -2.21. The number of aromatic nitrogens is 2. The average molecular weight is 399 g/mol. The first-order valence-corrected chi connectivity index (χ1v) is 10.6. The van der Waals surface area contributed by atoms with Crippen molar-refractivity contribution in [3.8, 4) is 0 Å². The third kappa shape index (κ3) is 4.37. The van der Waals surface area contributed by atoms with Crippen LogP contribution in [0.5, 0.6) is 0 Å². The first kappa shape index (κ1) is 20.1. The molecule has 0 N–H and O–H groups in total. The zero-order valence-corrected chi connectivity index (χ0v) is 17.9. The Balaban J connectivity index is 1.44. The zero-order valence-electron chi connectivity index (χ0n) is 17.9. The highest BCUT2D eigenvalue weighted by Gasteiger charge is 2.35. The first-order valence-electron chi connectivity index (χ1n) is 10.6. The van der Waals surface area contributed by atoms with Gasteiger partial charge in [0.25, 0.3) is 5.91 Å². The summed E-state index contributed by atoms with van der Waals surface area (Å²) in [5, 5.41) is 4.72. The quantitative estimate of drug-likeness (QED) is 0.782. The third-order valence-electron chi connectivity index (χ3n) is 5.88. The van der Waals surface area contributed by atoms with Crippen LogP contribution in [0.1, 0.15) is 68.2 Å². The highest BCUT2D eigenvalue weighted by Crippen LogP contribution is 2.41. The number of benzene rings is 1. The molecule has 6 heteroatoms. The van der Waals surface area contributed by atoms with Crippen LogP contribution in [0.15, 0.2) is 30.3 Å². The molecule has 29 heavy (non-hydrogen) atoms. The number of rotatable bonds is 4. The fourth-order valence-electron chi connectivity index (χ4n) is 4.18. The van der Waals surface area contributed by atoms with Gasteiger partial charge in [-0.05, 0) is 64.3 Å². The average Bonchev–Trinajstić information content (AvgIpc) is 3.40. The summed E-state index contributed by atoms with van der Waals surface area (Å²) in [6.45, 7) is 11.6. The van der Waals surface area contributed by atoms with Gasteiger partial charge in [-0.3, -0.25) is 14.4 Å². The van der Waals surface area contributed by atoms with E-state index in [2.05, 4.69) is 32.6 Å². The molecule has 2 fully saturated rings. The summed E-state index contributed by atoms with van der Waals surface area (Å²) >= 11 is 0.